The molecule has 0 aliphatic carbocycles. The largest absolute Gasteiger partial charge is 0.391 e. The van der Waals surface area contributed by atoms with E-state index >= 15 is 0 Å². The topological polar surface area (TPSA) is 65.3 Å². The van der Waals surface area contributed by atoms with Gasteiger partial charge in [-0.05, 0) is 18.6 Å². The van der Waals surface area contributed by atoms with E-state index in [0.29, 0.717) is 35.8 Å². The fourth-order valence-corrected chi connectivity index (χ4v) is 1.65. The zero-order chi connectivity index (χ0) is 12.7. The number of hydrogen-bond acceptors (Lipinski definition) is 4. The summed E-state index contributed by atoms with van der Waals surface area (Å²) in [5, 5.41) is 21.9. The third kappa shape index (κ3) is 4.23. The van der Waals surface area contributed by atoms with Crippen molar-refractivity contribution in [2.45, 2.75) is 12.5 Å². The molecular weight excluding hydrogens is 240 g/mol. The molecule has 92 valence electrons. The van der Waals surface area contributed by atoms with E-state index < -0.39 is 6.10 Å². The molecule has 0 spiro atoms. The van der Waals surface area contributed by atoms with E-state index in [-0.39, 0.29) is 0 Å². The van der Waals surface area contributed by atoms with Gasteiger partial charge in [-0.1, -0.05) is 17.7 Å². The van der Waals surface area contributed by atoms with Gasteiger partial charge in [0.25, 0.3) is 0 Å². The quantitative estimate of drug-likeness (QED) is 0.815. The zero-order valence-corrected chi connectivity index (χ0v) is 10.4. The van der Waals surface area contributed by atoms with Gasteiger partial charge in [0.2, 0.25) is 0 Å². The van der Waals surface area contributed by atoms with Gasteiger partial charge in [-0.25, -0.2) is 0 Å². The van der Waals surface area contributed by atoms with Crippen LogP contribution >= 0.6 is 11.6 Å². The minimum Gasteiger partial charge on any atom is -0.391 e. The Labute approximate surface area is 106 Å². The second-order valence-electron chi connectivity index (χ2n) is 3.60. The molecule has 1 aromatic carbocycles. The molecule has 2 N–H and O–H groups in total. The highest BCUT2D eigenvalue weighted by Crippen LogP contribution is 2.23. The van der Waals surface area contributed by atoms with E-state index in [0.717, 1.165) is 0 Å². The summed E-state index contributed by atoms with van der Waals surface area (Å²) in [4.78, 5) is 0. The smallest absolute Gasteiger partial charge is 0.103 e. The first-order chi connectivity index (χ1) is 8.19. The van der Waals surface area contributed by atoms with Crippen molar-refractivity contribution < 1.29 is 9.84 Å². The standard InChI is InChI=1S/C12H15ClN2O2/c1-17-8-9(16)5-6-15-12-4-2-3-11(13)10(12)7-14/h2-4,9,15-16H,5-6,8H2,1H3. The molecule has 0 saturated carbocycles. The maximum absolute atomic E-state index is 9.45. The van der Waals surface area contributed by atoms with Crippen LogP contribution in [0.25, 0.3) is 0 Å². The van der Waals surface area contributed by atoms with Crippen LogP contribution in [0.15, 0.2) is 18.2 Å². The molecule has 0 heterocycles. The molecule has 0 saturated heterocycles. The minimum absolute atomic E-state index is 0.308. The first kappa shape index (κ1) is 13.8. The van der Waals surface area contributed by atoms with Gasteiger partial charge < -0.3 is 15.2 Å². The molecule has 1 aromatic rings. The lowest BCUT2D eigenvalue weighted by atomic mass is 10.2. The summed E-state index contributed by atoms with van der Waals surface area (Å²) in [5.41, 5.74) is 1.11. The van der Waals surface area contributed by atoms with Crippen molar-refractivity contribution in [3.63, 3.8) is 0 Å². The molecule has 1 rings (SSSR count). The Hall–Kier alpha value is -1.28. The summed E-state index contributed by atoms with van der Waals surface area (Å²) in [5.74, 6) is 0. The van der Waals surface area contributed by atoms with Crippen LogP contribution in [0.3, 0.4) is 0 Å². The maximum Gasteiger partial charge on any atom is 0.103 e. The van der Waals surface area contributed by atoms with Gasteiger partial charge in [-0.3, -0.25) is 0 Å². The van der Waals surface area contributed by atoms with Crippen LogP contribution in [-0.4, -0.2) is 31.5 Å². The lowest BCUT2D eigenvalue weighted by Crippen LogP contribution is -2.18. The van der Waals surface area contributed by atoms with E-state index in [9.17, 15) is 5.11 Å². The van der Waals surface area contributed by atoms with E-state index in [4.69, 9.17) is 21.6 Å². The molecule has 4 nitrogen and oxygen atoms in total. The predicted octanol–water partition coefficient (Wildman–Crippen LogP) is 2.02. The second kappa shape index (κ2) is 7.13. The van der Waals surface area contributed by atoms with Crippen molar-refractivity contribution in [1.82, 2.24) is 0 Å². The molecule has 0 radical (unpaired) electrons. The SMILES string of the molecule is COCC(O)CCNc1cccc(Cl)c1C#N. The number of rotatable bonds is 6. The van der Waals surface area contributed by atoms with Gasteiger partial charge in [0.05, 0.1) is 29.0 Å². The van der Waals surface area contributed by atoms with Crippen molar-refractivity contribution in [2.24, 2.45) is 0 Å². The van der Waals surface area contributed by atoms with Crippen molar-refractivity contribution in [3.05, 3.63) is 28.8 Å². The molecule has 0 amide bonds. The van der Waals surface area contributed by atoms with Gasteiger partial charge in [-0.15, -0.1) is 0 Å². The number of nitrogens with one attached hydrogen (secondary N) is 1. The monoisotopic (exact) mass is 254 g/mol. The number of methoxy groups -OCH3 is 1. The van der Waals surface area contributed by atoms with Gasteiger partial charge in [-0.2, -0.15) is 5.26 Å². The van der Waals surface area contributed by atoms with Crippen molar-refractivity contribution in [1.29, 1.82) is 5.26 Å². The van der Waals surface area contributed by atoms with Gasteiger partial charge >= 0.3 is 0 Å². The molecule has 5 heteroatoms. The van der Waals surface area contributed by atoms with Crippen LogP contribution < -0.4 is 5.32 Å². The highest BCUT2D eigenvalue weighted by Gasteiger charge is 2.07. The molecule has 0 aromatic heterocycles. The number of benzene rings is 1. The average molecular weight is 255 g/mol. The fourth-order valence-electron chi connectivity index (χ4n) is 1.43. The summed E-state index contributed by atoms with van der Waals surface area (Å²) in [6.45, 7) is 0.863. The Balaban J connectivity index is 2.53. The van der Waals surface area contributed by atoms with Crippen LogP contribution in [0.4, 0.5) is 5.69 Å². The molecule has 1 atom stereocenters. The lowest BCUT2D eigenvalue weighted by Gasteiger charge is -2.12. The molecular formula is C12H15ClN2O2. The molecule has 0 fully saturated rings. The fraction of sp³-hybridized carbons (Fsp3) is 0.417. The van der Waals surface area contributed by atoms with Crippen LogP contribution in [-0.2, 0) is 4.74 Å². The number of ether oxygens (including phenoxy) is 1. The Morgan fingerprint density at radius 1 is 1.59 bits per heavy atom. The number of anilines is 1. The minimum atomic E-state index is -0.503. The van der Waals surface area contributed by atoms with E-state index in [2.05, 4.69) is 5.32 Å². The van der Waals surface area contributed by atoms with E-state index in [1.165, 1.54) is 0 Å². The molecule has 17 heavy (non-hydrogen) atoms. The summed E-state index contributed by atoms with van der Waals surface area (Å²) >= 11 is 5.89. The first-order valence-electron chi connectivity index (χ1n) is 5.28. The van der Waals surface area contributed by atoms with Crippen LogP contribution in [0.5, 0.6) is 0 Å². The Bertz CT molecular complexity index is 404. The Morgan fingerprint density at radius 3 is 3.00 bits per heavy atom. The summed E-state index contributed by atoms with van der Waals surface area (Å²) in [7, 11) is 1.54. The summed E-state index contributed by atoms with van der Waals surface area (Å²) in [6, 6.07) is 7.28. The number of halogens is 1. The number of nitrogens with zero attached hydrogens (tertiary/aromatic N) is 1. The Morgan fingerprint density at radius 2 is 2.35 bits per heavy atom. The first-order valence-corrected chi connectivity index (χ1v) is 5.66. The highest BCUT2D eigenvalue weighted by atomic mass is 35.5. The van der Waals surface area contributed by atoms with E-state index in [1.54, 1.807) is 25.3 Å². The third-order valence-corrected chi connectivity index (χ3v) is 2.59. The Kier molecular flexibility index (Phi) is 5.78. The van der Waals surface area contributed by atoms with Crippen LogP contribution in [0.2, 0.25) is 5.02 Å². The maximum atomic E-state index is 9.45. The molecule has 0 aliphatic rings. The van der Waals surface area contributed by atoms with Gasteiger partial charge in [0, 0.05) is 13.7 Å². The molecule has 0 aliphatic heterocycles. The average Bonchev–Trinajstić information content (AvgIpc) is 2.29. The predicted molar refractivity (Wildman–Crippen MR) is 67.2 cm³/mol. The number of hydrogen-bond donors (Lipinski definition) is 2. The van der Waals surface area contributed by atoms with Gasteiger partial charge in [0.15, 0.2) is 0 Å². The molecule has 1 unspecified atom stereocenters. The van der Waals surface area contributed by atoms with Crippen molar-refractivity contribution >= 4 is 17.3 Å². The van der Waals surface area contributed by atoms with Crippen molar-refractivity contribution in [2.75, 3.05) is 25.6 Å². The zero-order valence-electron chi connectivity index (χ0n) is 9.61. The summed E-state index contributed by atoms with van der Waals surface area (Å²) in [6.07, 6.45) is 0.0443. The van der Waals surface area contributed by atoms with Gasteiger partial charge in [0.1, 0.15) is 6.07 Å². The normalized spacial score (nSPS) is 11.9. The van der Waals surface area contributed by atoms with Crippen LogP contribution in [0.1, 0.15) is 12.0 Å². The summed E-state index contributed by atoms with van der Waals surface area (Å²) < 4.78 is 4.82. The van der Waals surface area contributed by atoms with E-state index in [1.807, 2.05) is 6.07 Å². The van der Waals surface area contributed by atoms with Crippen LogP contribution in [0, 0.1) is 11.3 Å². The molecule has 0 bridgehead atoms. The lowest BCUT2D eigenvalue weighted by molar-refractivity contribution is 0.0615. The number of aliphatic hydroxyl groups is 1. The third-order valence-electron chi connectivity index (χ3n) is 2.28. The number of nitriles is 1. The number of aliphatic hydroxyl groups excluding tert-OH is 1. The van der Waals surface area contributed by atoms with Crippen molar-refractivity contribution in [3.8, 4) is 6.07 Å². The second-order valence-corrected chi connectivity index (χ2v) is 4.01. The highest BCUT2D eigenvalue weighted by molar-refractivity contribution is 6.32.